The van der Waals surface area contributed by atoms with E-state index in [4.69, 9.17) is 0 Å². The lowest BCUT2D eigenvalue weighted by Gasteiger charge is -2.37. The average Bonchev–Trinajstić information content (AvgIpc) is 2.04. The monoisotopic (exact) mass is 166 g/mol. The number of ketones is 1. The van der Waals surface area contributed by atoms with E-state index in [1.54, 1.807) is 0 Å². The molecule has 0 radical (unpaired) electrons. The van der Waals surface area contributed by atoms with Crippen molar-refractivity contribution in [2.24, 2.45) is 17.8 Å². The summed E-state index contributed by atoms with van der Waals surface area (Å²) in [5, 5.41) is 0. The lowest BCUT2D eigenvalue weighted by atomic mass is 9.67. The Balaban J connectivity index is 2.04. The molecule has 0 spiro atoms. The van der Waals surface area contributed by atoms with Crippen LogP contribution in [0.25, 0.3) is 0 Å². The minimum absolute atomic E-state index is 0.468. The second-order valence-electron chi connectivity index (χ2n) is 4.64. The van der Waals surface area contributed by atoms with Crippen molar-refractivity contribution in [3.05, 3.63) is 0 Å². The molecule has 1 nitrogen and oxygen atoms in total. The van der Waals surface area contributed by atoms with Crippen molar-refractivity contribution in [1.82, 2.24) is 0 Å². The molecule has 2 rings (SSSR count). The average molecular weight is 166 g/mol. The van der Waals surface area contributed by atoms with E-state index < -0.39 is 0 Å². The Bertz CT molecular complexity index is 185. The van der Waals surface area contributed by atoms with Gasteiger partial charge in [-0.1, -0.05) is 13.3 Å². The van der Waals surface area contributed by atoms with Gasteiger partial charge in [0.05, 0.1) is 0 Å². The molecule has 0 saturated heterocycles. The third-order valence-corrected chi connectivity index (χ3v) is 3.66. The van der Waals surface area contributed by atoms with Crippen molar-refractivity contribution in [1.29, 1.82) is 0 Å². The molecule has 0 aromatic rings. The molecular formula is C11H18O. The van der Waals surface area contributed by atoms with Crippen molar-refractivity contribution in [2.45, 2.75) is 45.4 Å². The van der Waals surface area contributed by atoms with E-state index in [1.165, 1.54) is 25.7 Å². The Morgan fingerprint density at radius 2 is 2.08 bits per heavy atom. The Kier molecular flexibility index (Phi) is 2.20. The van der Waals surface area contributed by atoms with Gasteiger partial charge in [-0.05, 0) is 37.5 Å². The van der Waals surface area contributed by atoms with Crippen LogP contribution in [0, 0.1) is 17.8 Å². The van der Waals surface area contributed by atoms with Gasteiger partial charge in [-0.2, -0.15) is 0 Å². The highest BCUT2D eigenvalue weighted by molar-refractivity contribution is 5.82. The molecule has 0 N–H and O–H groups in total. The number of hydrogen-bond acceptors (Lipinski definition) is 1. The van der Waals surface area contributed by atoms with Crippen LogP contribution in [-0.2, 0) is 4.79 Å². The Hall–Kier alpha value is -0.330. The molecule has 2 saturated carbocycles. The molecule has 0 aromatic heterocycles. The molecule has 68 valence electrons. The Labute approximate surface area is 74.5 Å². The summed E-state index contributed by atoms with van der Waals surface area (Å²) >= 11 is 0. The van der Waals surface area contributed by atoms with Gasteiger partial charge < -0.3 is 0 Å². The third kappa shape index (κ3) is 1.41. The first-order valence-electron chi connectivity index (χ1n) is 5.30. The zero-order valence-corrected chi connectivity index (χ0v) is 7.88. The Morgan fingerprint density at radius 1 is 1.25 bits per heavy atom. The van der Waals surface area contributed by atoms with Crippen LogP contribution in [-0.4, -0.2) is 5.78 Å². The first-order valence-corrected chi connectivity index (χ1v) is 5.30. The number of carbonyl (C=O) groups is 1. The summed E-state index contributed by atoms with van der Waals surface area (Å²) in [6.45, 7) is 2.33. The van der Waals surface area contributed by atoms with Crippen LogP contribution in [0.4, 0.5) is 0 Å². The van der Waals surface area contributed by atoms with Crippen molar-refractivity contribution in [3.63, 3.8) is 0 Å². The van der Waals surface area contributed by atoms with E-state index in [0.717, 1.165) is 24.7 Å². The highest BCUT2D eigenvalue weighted by Crippen LogP contribution is 2.40. The number of fused-ring (bicyclic) bond motifs is 1. The lowest BCUT2D eigenvalue weighted by molar-refractivity contribution is -0.128. The van der Waals surface area contributed by atoms with Crippen LogP contribution in [0.2, 0.25) is 0 Å². The van der Waals surface area contributed by atoms with Crippen molar-refractivity contribution < 1.29 is 4.79 Å². The molecule has 0 bridgehead atoms. The topological polar surface area (TPSA) is 17.1 Å². The van der Waals surface area contributed by atoms with Crippen molar-refractivity contribution >= 4 is 5.78 Å². The summed E-state index contributed by atoms with van der Waals surface area (Å²) < 4.78 is 0. The quantitative estimate of drug-likeness (QED) is 0.541. The van der Waals surface area contributed by atoms with E-state index in [-0.39, 0.29) is 0 Å². The van der Waals surface area contributed by atoms with Gasteiger partial charge >= 0.3 is 0 Å². The maximum absolute atomic E-state index is 11.5. The molecular weight excluding hydrogens is 148 g/mol. The molecule has 12 heavy (non-hydrogen) atoms. The molecule has 0 aromatic carbocycles. The fraction of sp³-hybridized carbons (Fsp3) is 0.909. The maximum atomic E-state index is 11.5. The highest BCUT2D eigenvalue weighted by atomic mass is 16.1. The predicted molar refractivity (Wildman–Crippen MR) is 48.9 cm³/mol. The SMILES string of the molecule is CC1CC[C@H]2C(=O)CCC[C@H]2C1. The largest absolute Gasteiger partial charge is 0.299 e. The zero-order chi connectivity index (χ0) is 8.55. The summed E-state index contributed by atoms with van der Waals surface area (Å²) in [5.41, 5.74) is 0. The van der Waals surface area contributed by atoms with Crippen LogP contribution in [0.1, 0.15) is 45.4 Å². The van der Waals surface area contributed by atoms with Crippen LogP contribution in [0.15, 0.2) is 0 Å². The fourth-order valence-electron chi connectivity index (χ4n) is 2.97. The molecule has 0 amide bonds. The van der Waals surface area contributed by atoms with Gasteiger partial charge in [0.1, 0.15) is 5.78 Å². The summed E-state index contributed by atoms with van der Waals surface area (Å²) in [5.74, 6) is 2.67. The number of rotatable bonds is 0. The van der Waals surface area contributed by atoms with E-state index >= 15 is 0 Å². The minimum Gasteiger partial charge on any atom is -0.299 e. The number of Topliss-reactive ketones (excluding diaryl/α,β-unsaturated/α-hetero) is 1. The molecule has 2 aliphatic carbocycles. The van der Waals surface area contributed by atoms with E-state index in [1.807, 2.05) is 0 Å². The highest BCUT2D eigenvalue weighted by Gasteiger charge is 2.35. The third-order valence-electron chi connectivity index (χ3n) is 3.66. The first-order chi connectivity index (χ1) is 5.77. The first kappa shape index (κ1) is 8.28. The molecule has 2 fully saturated rings. The van der Waals surface area contributed by atoms with E-state index in [9.17, 15) is 4.79 Å². The van der Waals surface area contributed by atoms with Gasteiger partial charge in [0.15, 0.2) is 0 Å². The lowest BCUT2D eigenvalue weighted by Crippen LogP contribution is -2.33. The normalized spacial score (nSPS) is 42.4. The number of hydrogen-bond donors (Lipinski definition) is 0. The Morgan fingerprint density at radius 3 is 2.92 bits per heavy atom. The number of carbonyl (C=O) groups excluding carboxylic acids is 1. The smallest absolute Gasteiger partial charge is 0.136 e. The predicted octanol–water partition coefficient (Wildman–Crippen LogP) is 2.79. The molecule has 2 aliphatic rings. The molecule has 1 heteroatoms. The summed E-state index contributed by atoms with van der Waals surface area (Å²) in [6, 6.07) is 0. The van der Waals surface area contributed by atoms with E-state index in [0.29, 0.717) is 11.7 Å². The minimum atomic E-state index is 0.468. The van der Waals surface area contributed by atoms with Crippen LogP contribution < -0.4 is 0 Å². The summed E-state index contributed by atoms with van der Waals surface area (Å²) in [7, 11) is 0. The van der Waals surface area contributed by atoms with Gasteiger partial charge in [0.25, 0.3) is 0 Å². The second-order valence-corrected chi connectivity index (χ2v) is 4.64. The molecule has 1 unspecified atom stereocenters. The molecule has 0 heterocycles. The van der Waals surface area contributed by atoms with E-state index in [2.05, 4.69) is 6.92 Å². The standard InChI is InChI=1S/C11H18O/c1-8-5-6-10-9(7-8)3-2-4-11(10)12/h8-10H,2-7H2,1H3/t8?,9-,10+/m0/s1. The van der Waals surface area contributed by atoms with Gasteiger partial charge in [-0.15, -0.1) is 0 Å². The van der Waals surface area contributed by atoms with Crippen LogP contribution in [0.5, 0.6) is 0 Å². The molecule has 3 atom stereocenters. The van der Waals surface area contributed by atoms with Gasteiger partial charge in [0.2, 0.25) is 0 Å². The second kappa shape index (κ2) is 3.20. The van der Waals surface area contributed by atoms with Crippen LogP contribution in [0.3, 0.4) is 0 Å². The van der Waals surface area contributed by atoms with Gasteiger partial charge in [0, 0.05) is 12.3 Å². The van der Waals surface area contributed by atoms with Gasteiger partial charge in [-0.25, -0.2) is 0 Å². The maximum Gasteiger partial charge on any atom is 0.136 e. The fourth-order valence-corrected chi connectivity index (χ4v) is 2.97. The van der Waals surface area contributed by atoms with Crippen LogP contribution >= 0.6 is 0 Å². The van der Waals surface area contributed by atoms with Gasteiger partial charge in [-0.3, -0.25) is 4.79 Å². The zero-order valence-electron chi connectivity index (χ0n) is 7.88. The molecule has 0 aliphatic heterocycles. The summed E-state index contributed by atoms with van der Waals surface area (Å²) in [6.07, 6.45) is 7.14. The van der Waals surface area contributed by atoms with Crippen molar-refractivity contribution in [3.8, 4) is 0 Å². The summed E-state index contributed by atoms with van der Waals surface area (Å²) in [4.78, 5) is 11.5. The van der Waals surface area contributed by atoms with Crippen molar-refractivity contribution in [2.75, 3.05) is 0 Å².